The summed E-state index contributed by atoms with van der Waals surface area (Å²) in [5, 5.41) is 4.08. The number of amides is 1. The number of carbonyl (C=O) groups excluding carboxylic acids is 1. The summed E-state index contributed by atoms with van der Waals surface area (Å²) < 4.78 is 10.9. The number of nitrogens with zero attached hydrogens (tertiary/aromatic N) is 1. The van der Waals surface area contributed by atoms with E-state index in [1.54, 1.807) is 11.9 Å². The van der Waals surface area contributed by atoms with Crippen LogP contribution in [-0.4, -0.2) is 43.3 Å². The summed E-state index contributed by atoms with van der Waals surface area (Å²) in [6.07, 6.45) is -0.319. The van der Waals surface area contributed by atoms with Gasteiger partial charge in [0.1, 0.15) is 18.0 Å². The van der Waals surface area contributed by atoms with Crippen LogP contribution < -0.4 is 10.1 Å². The van der Waals surface area contributed by atoms with E-state index in [9.17, 15) is 4.79 Å². The van der Waals surface area contributed by atoms with Crippen LogP contribution in [0.25, 0.3) is 0 Å². The van der Waals surface area contributed by atoms with Gasteiger partial charge in [0.25, 0.3) is 0 Å². The third kappa shape index (κ3) is 4.52. The van der Waals surface area contributed by atoms with E-state index in [1.807, 2.05) is 39.0 Å². The molecule has 0 spiro atoms. The highest BCUT2D eigenvalue weighted by Gasteiger charge is 2.24. The van der Waals surface area contributed by atoms with Gasteiger partial charge in [0.15, 0.2) is 0 Å². The Bertz CT molecular complexity index is 543. The van der Waals surface area contributed by atoms with Crippen LogP contribution in [0.4, 0.5) is 4.79 Å². The normalized spacial score (nSPS) is 16.9. The van der Waals surface area contributed by atoms with Crippen molar-refractivity contribution >= 4 is 17.7 Å². The van der Waals surface area contributed by atoms with E-state index >= 15 is 0 Å². The average Bonchev–Trinajstić information content (AvgIpc) is 2.79. The molecule has 2 rings (SSSR count). The molecule has 1 aromatic carbocycles. The molecule has 1 heterocycles. The van der Waals surface area contributed by atoms with Gasteiger partial charge in [-0.05, 0) is 39.0 Å². The Kier molecular flexibility index (Phi) is 5.19. The predicted molar refractivity (Wildman–Crippen MR) is 86.6 cm³/mol. The molecule has 0 saturated heterocycles. The SMILES string of the molecule is CN(CCNC1COc2ccc(Cl)cc21)C(=O)OC(C)(C)C. The first-order valence-corrected chi connectivity index (χ1v) is 7.74. The number of carbonyl (C=O) groups is 1. The number of benzene rings is 1. The highest BCUT2D eigenvalue weighted by molar-refractivity contribution is 6.30. The second-order valence-electron chi connectivity index (χ2n) is 6.40. The van der Waals surface area contributed by atoms with Crippen molar-refractivity contribution in [3.8, 4) is 5.75 Å². The molecule has 1 N–H and O–H groups in total. The number of hydrogen-bond acceptors (Lipinski definition) is 4. The van der Waals surface area contributed by atoms with E-state index in [1.165, 1.54) is 0 Å². The van der Waals surface area contributed by atoms with Crippen molar-refractivity contribution < 1.29 is 14.3 Å². The summed E-state index contributed by atoms with van der Waals surface area (Å²) in [6, 6.07) is 5.71. The van der Waals surface area contributed by atoms with Gasteiger partial charge in [0.05, 0.1) is 6.04 Å². The number of rotatable bonds is 4. The summed E-state index contributed by atoms with van der Waals surface area (Å²) in [5.74, 6) is 0.863. The fourth-order valence-corrected chi connectivity index (χ4v) is 2.37. The molecule has 1 aromatic rings. The Labute approximate surface area is 136 Å². The van der Waals surface area contributed by atoms with Crippen LogP contribution >= 0.6 is 11.6 Å². The quantitative estimate of drug-likeness (QED) is 0.923. The van der Waals surface area contributed by atoms with E-state index in [2.05, 4.69) is 5.32 Å². The molecule has 22 heavy (non-hydrogen) atoms. The van der Waals surface area contributed by atoms with Gasteiger partial charge in [0.2, 0.25) is 0 Å². The summed E-state index contributed by atoms with van der Waals surface area (Å²) in [4.78, 5) is 13.4. The summed E-state index contributed by atoms with van der Waals surface area (Å²) in [6.45, 7) is 7.34. The third-order valence-electron chi connectivity index (χ3n) is 3.30. The molecule has 1 aliphatic heterocycles. The summed E-state index contributed by atoms with van der Waals surface area (Å²) >= 11 is 6.02. The monoisotopic (exact) mass is 326 g/mol. The highest BCUT2D eigenvalue weighted by Crippen LogP contribution is 2.34. The van der Waals surface area contributed by atoms with Crippen LogP contribution in [0, 0.1) is 0 Å². The number of fused-ring (bicyclic) bond motifs is 1. The average molecular weight is 327 g/mol. The third-order valence-corrected chi connectivity index (χ3v) is 3.53. The van der Waals surface area contributed by atoms with E-state index in [0.717, 1.165) is 11.3 Å². The minimum absolute atomic E-state index is 0.0979. The van der Waals surface area contributed by atoms with E-state index in [0.29, 0.717) is 24.7 Å². The number of ether oxygens (including phenoxy) is 2. The van der Waals surface area contributed by atoms with Gasteiger partial charge < -0.3 is 19.7 Å². The number of nitrogens with one attached hydrogen (secondary N) is 1. The van der Waals surface area contributed by atoms with Crippen molar-refractivity contribution in [2.45, 2.75) is 32.4 Å². The zero-order valence-electron chi connectivity index (χ0n) is 13.5. The Morgan fingerprint density at radius 3 is 2.91 bits per heavy atom. The number of hydrogen-bond donors (Lipinski definition) is 1. The molecule has 0 fully saturated rings. The first-order valence-electron chi connectivity index (χ1n) is 7.36. The Hall–Kier alpha value is -1.46. The highest BCUT2D eigenvalue weighted by atomic mass is 35.5. The van der Waals surface area contributed by atoms with Gasteiger partial charge in [0, 0.05) is 30.7 Å². The molecule has 6 heteroatoms. The molecule has 1 unspecified atom stereocenters. The summed E-state index contributed by atoms with van der Waals surface area (Å²) in [7, 11) is 1.73. The van der Waals surface area contributed by atoms with Crippen LogP contribution in [0.5, 0.6) is 5.75 Å². The van der Waals surface area contributed by atoms with Gasteiger partial charge in [-0.3, -0.25) is 0 Å². The lowest BCUT2D eigenvalue weighted by Gasteiger charge is -2.25. The molecular weight excluding hydrogens is 304 g/mol. The van der Waals surface area contributed by atoms with Crippen molar-refractivity contribution in [2.75, 3.05) is 26.7 Å². The maximum absolute atomic E-state index is 11.9. The Balaban J connectivity index is 1.81. The smallest absolute Gasteiger partial charge is 0.410 e. The molecule has 1 atom stereocenters. The van der Waals surface area contributed by atoms with Gasteiger partial charge in [-0.1, -0.05) is 11.6 Å². The molecule has 0 aromatic heterocycles. The minimum atomic E-state index is -0.478. The van der Waals surface area contributed by atoms with E-state index < -0.39 is 5.60 Å². The molecule has 0 saturated carbocycles. The molecule has 0 bridgehead atoms. The largest absolute Gasteiger partial charge is 0.491 e. The van der Waals surface area contributed by atoms with Gasteiger partial charge in [-0.2, -0.15) is 0 Å². The van der Waals surface area contributed by atoms with Crippen LogP contribution in [0.15, 0.2) is 18.2 Å². The fraction of sp³-hybridized carbons (Fsp3) is 0.562. The van der Waals surface area contributed by atoms with Gasteiger partial charge in [-0.15, -0.1) is 0 Å². The standard InChI is InChI=1S/C16H23ClN2O3/c1-16(2,3)22-15(20)19(4)8-7-18-13-10-21-14-6-5-11(17)9-12(13)14/h5-6,9,13,18H,7-8,10H2,1-4H3. The number of halogens is 1. The first-order chi connectivity index (χ1) is 10.3. The topological polar surface area (TPSA) is 50.8 Å². The van der Waals surface area contributed by atoms with Crippen molar-refractivity contribution in [1.82, 2.24) is 10.2 Å². The molecular formula is C16H23ClN2O3. The fourth-order valence-electron chi connectivity index (χ4n) is 2.19. The first kappa shape index (κ1) is 16.9. The van der Waals surface area contributed by atoms with Gasteiger partial charge >= 0.3 is 6.09 Å². The van der Waals surface area contributed by atoms with Gasteiger partial charge in [-0.25, -0.2) is 4.79 Å². The molecule has 1 aliphatic rings. The van der Waals surface area contributed by atoms with E-state index in [4.69, 9.17) is 21.1 Å². The van der Waals surface area contributed by atoms with Crippen LogP contribution in [0.1, 0.15) is 32.4 Å². The number of likely N-dealkylation sites (N-methyl/N-ethyl adjacent to an activating group) is 1. The Morgan fingerprint density at radius 2 is 2.23 bits per heavy atom. The summed E-state index contributed by atoms with van der Waals surface area (Å²) in [5.41, 5.74) is 0.584. The van der Waals surface area contributed by atoms with Crippen LogP contribution in [0.2, 0.25) is 5.02 Å². The molecule has 0 radical (unpaired) electrons. The van der Waals surface area contributed by atoms with Crippen molar-refractivity contribution in [1.29, 1.82) is 0 Å². The molecule has 5 nitrogen and oxygen atoms in total. The predicted octanol–water partition coefficient (Wildman–Crippen LogP) is 3.23. The van der Waals surface area contributed by atoms with Crippen LogP contribution in [0.3, 0.4) is 0 Å². The van der Waals surface area contributed by atoms with Crippen molar-refractivity contribution in [3.63, 3.8) is 0 Å². The van der Waals surface area contributed by atoms with E-state index in [-0.39, 0.29) is 12.1 Å². The second kappa shape index (κ2) is 6.75. The zero-order valence-corrected chi connectivity index (χ0v) is 14.2. The lowest BCUT2D eigenvalue weighted by Crippen LogP contribution is -2.38. The van der Waals surface area contributed by atoms with Crippen LogP contribution in [-0.2, 0) is 4.74 Å². The minimum Gasteiger partial charge on any atom is -0.491 e. The molecule has 122 valence electrons. The zero-order chi connectivity index (χ0) is 16.3. The lowest BCUT2D eigenvalue weighted by atomic mass is 10.1. The lowest BCUT2D eigenvalue weighted by molar-refractivity contribution is 0.0299. The molecule has 1 amide bonds. The Morgan fingerprint density at radius 1 is 1.50 bits per heavy atom. The maximum atomic E-state index is 11.9. The second-order valence-corrected chi connectivity index (χ2v) is 6.84. The maximum Gasteiger partial charge on any atom is 0.410 e. The van der Waals surface area contributed by atoms with Crippen molar-refractivity contribution in [2.24, 2.45) is 0 Å². The molecule has 0 aliphatic carbocycles. The van der Waals surface area contributed by atoms with Crippen molar-refractivity contribution in [3.05, 3.63) is 28.8 Å².